The highest BCUT2D eigenvalue weighted by atomic mass is 19.2. The highest BCUT2D eigenvalue weighted by Crippen LogP contribution is 2.25. The molecule has 0 unspecified atom stereocenters. The van der Waals surface area contributed by atoms with Crippen molar-refractivity contribution in [3.05, 3.63) is 124 Å². The fourth-order valence-electron chi connectivity index (χ4n) is 3.80. The van der Waals surface area contributed by atoms with E-state index in [1.54, 1.807) is 12.3 Å². The van der Waals surface area contributed by atoms with E-state index in [1.165, 1.54) is 12.4 Å². The molecule has 0 fully saturated rings. The lowest BCUT2D eigenvalue weighted by Gasteiger charge is -2.08. The number of pyridine rings is 1. The van der Waals surface area contributed by atoms with Crippen molar-refractivity contribution in [1.82, 2.24) is 25.2 Å². The van der Waals surface area contributed by atoms with Gasteiger partial charge in [0.1, 0.15) is 5.56 Å². The van der Waals surface area contributed by atoms with Gasteiger partial charge in [-0.05, 0) is 53.1 Å². The first-order valence-electron chi connectivity index (χ1n) is 11.6. The summed E-state index contributed by atoms with van der Waals surface area (Å²) >= 11 is 0. The maximum atomic E-state index is 13.5. The smallest absolute Gasteiger partial charge is 0.266 e. The van der Waals surface area contributed by atoms with Crippen molar-refractivity contribution < 1.29 is 13.6 Å². The highest BCUT2D eigenvalue weighted by molar-refractivity contribution is 5.95. The molecule has 0 aliphatic heterocycles. The van der Waals surface area contributed by atoms with E-state index in [0.717, 1.165) is 50.5 Å². The lowest BCUT2D eigenvalue weighted by molar-refractivity contribution is 0.0956. The molecule has 4 aromatic rings. The molecule has 2 N–H and O–H groups in total. The van der Waals surface area contributed by atoms with Crippen molar-refractivity contribution >= 4 is 22.4 Å². The summed E-state index contributed by atoms with van der Waals surface area (Å²) < 4.78 is 27.8. The number of hydrogen-bond acceptors (Lipinski definition) is 5. The van der Waals surface area contributed by atoms with Crippen LogP contribution in [0, 0.1) is 23.5 Å². The zero-order valence-corrected chi connectivity index (χ0v) is 20.5. The number of allylic oxidation sites excluding steroid dienone is 2. The summed E-state index contributed by atoms with van der Waals surface area (Å²) in [4.78, 5) is 33.7. The molecule has 190 valence electrons. The van der Waals surface area contributed by atoms with E-state index >= 15 is 0 Å². The van der Waals surface area contributed by atoms with E-state index in [-0.39, 0.29) is 18.7 Å². The fourth-order valence-corrected chi connectivity index (χ4v) is 3.80. The second-order valence-electron chi connectivity index (χ2n) is 8.16. The number of benzene rings is 2. The molecule has 0 aliphatic rings. The van der Waals surface area contributed by atoms with E-state index in [9.17, 15) is 18.4 Å². The standard InChI is InChI=1S/C29H23F2N5O2/c1-3-21(15-32-2)22-10-12-34-27-9-7-19(13-23(22)27)5-4-11-35-28(37)24-16-33-18-36(29(24)38)17-20-6-8-25(30)26(31)14-20/h3,6-10,12-16,18,32H,1,11,17H2,2H3,(H,35,37)/b21-15+. The van der Waals surface area contributed by atoms with Gasteiger partial charge in [0.25, 0.3) is 11.5 Å². The number of hydrogen-bond donors (Lipinski definition) is 2. The number of halogens is 2. The third-order valence-corrected chi connectivity index (χ3v) is 5.62. The number of fused-ring (bicyclic) bond motifs is 1. The molecule has 2 aromatic heterocycles. The third kappa shape index (κ3) is 5.82. The molecule has 0 radical (unpaired) electrons. The highest BCUT2D eigenvalue weighted by Gasteiger charge is 2.13. The van der Waals surface area contributed by atoms with Gasteiger partial charge in [-0.3, -0.25) is 19.1 Å². The van der Waals surface area contributed by atoms with Crippen molar-refractivity contribution in [3.63, 3.8) is 0 Å². The quantitative estimate of drug-likeness (QED) is 0.292. The zero-order chi connectivity index (χ0) is 27.1. The van der Waals surface area contributed by atoms with E-state index < -0.39 is 23.1 Å². The van der Waals surface area contributed by atoms with Crippen molar-refractivity contribution in [3.8, 4) is 11.8 Å². The summed E-state index contributed by atoms with van der Waals surface area (Å²) in [7, 11) is 1.81. The molecule has 9 heteroatoms. The monoisotopic (exact) mass is 511 g/mol. The second kappa shape index (κ2) is 11.8. The van der Waals surface area contributed by atoms with Gasteiger partial charge in [0.05, 0.1) is 24.9 Å². The maximum absolute atomic E-state index is 13.5. The van der Waals surface area contributed by atoms with Crippen LogP contribution in [0.5, 0.6) is 0 Å². The Bertz CT molecular complexity index is 1680. The van der Waals surface area contributed by atoms with Crippen LogP contribution >= 0.6 is 0 Å². The lowest BCUT2D eigenvalue weighted by atomic mass is 10.0. The molecule has 0 saturated heterocycles. The van der Waals surface area contributed by atoms with Crippen LogP contribution in [0.25, 0.3) is 16.5 Å². The number of rotatable bonds is 7. The van der Waals surface area contributed by atoms with Gasteiger partial charge in [-0.2, -0.15) is 0 Å². The Morgan fingerprint density at radius 2 is 1.97 bits per heavy atom. The summed E-state index contributed by atoms with van der Waals surface area (Å²) in [5.41, 5.74) is 2.94. The van der Waals surface area contributed by atoms with Gasteiger partial charge in [0.2, 0.25) is 0 Å². The predicted octanol–water partition coefficient (Wildman–Crippen LogP) is 3.65. The molecule has 0 atom stereocenters. The summed E-state index contributed by atoms with van der Waals surface area (Å²) in [6.45, 7) is 3.79. The van der Waals surface area contributed by atoms with Gasteiger partial charge in [0.15, 0.2) is 11.6 Å². The molecule has 38 heavy (non-hydrogen) atoms. The topological polar surface area (TPSA) is 88.9 Å². The Labute approximate surface area is 217 Å². The van der Waals surface area contributed by atoms with Crippen LogP contribution in [0.15, 0.2) is 84.8 Å². The van der Waals surface area contributed by atoms with Gasteiger partial charge < -0.3 is 10.6 Å². The number of amides is 1. The first kappa shape index (κ1) is 26.0. The molecule has 7 nitrogen and oxygen atoms in total. The number of carbonyl (C=O) groups excluding carboxylic acids is 1. The van der Waals surface area contributed by atoms with E-state index in [0.29, 0.717) is 5.56 Å². The van der Waals surface area contributed by atoms with Gasteiger partial charge in [-0.1, -0.05) is 30.6 Å². The minimum Gasteiger partial charge on any atom is -0.393 e. The molecule has 2 heterocycles. The van der Waals surface area contributed by atoms with Gasteiger partial charge in [0, 0.05) is 36.6 Å². The number of nitrogens with zero attached hydrogens (tertiary/aromatic N) is 3. The van der Waals surface area contributed by atoms with Crippen LogP contribution in [0.4, 0.5) is 8.78 Å². The zero-order valence-electron chi connectivity index (χ0n) is 20.5. The molecule has 1 amide bonds. The normalized spacial score (nSPS) is 11.0. The summed E-state index contributed by atoms with van der Waals surface area (Å²) in [5, 5.41) is 6.50. The van der Waals surface area contributed by atoms with Crippen molar-refractivity contribution in [2.45, 2.75) is 6.54 Å². The molecular weight excluding hydrogens is 488 g/mol. The molecule has 0 spiro atoms. The van der Waals surface area contributed by atoms with E-state index in [1.807, 2.05) is 37.5 Å². The predicted molar refractivity (Wildman–Crippen MR) is 142 cm³/mol. The first-order chi connectivity index (χ1) is 18.4. The van der Waals surface area contributed by atoms with Crippen LogP contribution in [-0.4, -0.2) is 34.0 Å². The SMILES string of the molecule is C=C/C(=C\NC)c1ccnc2ccc(C#CCNC(=O)c3cncn(Cc4ccc(F)c(F)c4)c3=O)cc12. The first-order valence-corrected chi connectivity index (χ1v) is 11.6. The molecule has 2 aromatic carbocycles. The van der Waals surface area contributed by atoms with Crippen molar-refractivity contribution in [2.24, 2.45) is 0 Å². The van der Waals surface area contributed by atoms with E-state index in [2.05, 4.69) is 39.0 Å². The Balaban J connectivity index is 1.48. The summed E-state index contributed by atoms with van der Waals surface area (Å²) in [6.07, 6.45) is 7.71. The maximum Gasteiger partial charge on any atom is 0.266 e. The van der Waals surface area contributed by atoms with Crippen LogP contribution in [0.2, 0.25) is 0 Å². The van der Waals surface area contributed by atoms with Gasteiger partial charge in [-0.25, -0.2) is 13.8 Å². The molecule has 4 rings (SSSR count). The van der Waals surface area contributed by atoms with Crippen LogP contribution in [-0.2, 0) is 6.54 Å². The van der Waals surface area contributed by atoms with Crippen LogP contribution < -0.4 is 16.2 Å². The van der Waals surface area contributed by atoms with Crippen LogP contribution in [0.1, 0.15) is 27.0 Å². The number of aromatic nitrogens is 3. The minimum absolute atomic E-state index is 0.00810. The molecular formula is C29H23F2N5O2. The Hall–Kier alpha value is -5.10. The average molecular weight is 512 g/mol. The Morgan fingerprint density at radius 1 is 1.13 bits per heavy atom. The molecule has 0 aliphatic carbocycles. The summed E-state index contributed by atoms with van der Waals surface area (Å²) in [6, 6.07) is 10.8. The largest absolute Gasteiger partial charge is 0.393 e. The number of nitrogens with one attached hydrogen (secondary N) is 2. The molecule has 0 saturated carbocycles. The van der Waals surface area contributed by atoms with Crippen molar-refractivity contribution in [2.75, 3.05) is 13.6 Å². The van der Waals surface area contributed by atoms with Crippen molar-refractivity contribution in [1.29, 1.82) is 0 Å². The van der Waals surface area contributed by atoms with E-state index in [4.69, 9.17) is 0 Å². The van der Waals surface area contributed by atoms with Gasteiger partial charge in [-0.15, -0.1) is 0 Å². The van der Waals surface area contributed by atoms with Crippen LogP contribution in [0.3, 0.4) is 0 Å². The number of carbonyl (C=O) groups is 1. The Kier molecular flexibility index (Phi) is 8.04. The second-order valence-corrected chi connectivity index (χ2v) is 8.16. The minimum atomic E-state index is -1.02. The molecule has 0 bridgehead atoms. The third-order valence-electron chi connectivity index (χ3n) is 5.62. The average Bonchev–Trinajstić information content (AvgIpc) is 2.92. The Morgan fingerprint density at radius 3 is 2.74 bits per heavy atom. The van der Waals surface area contributed by atoms with Gasteiger partial charge >= 0.3 is 0 Å². The summed E-state index contributed by atoms with van der Waals surface area (Å²) in [5.74, 6) is 3.24. The fraction of sp³-hybridized carbons (Fsp3) is 0.103. The lowest BCUT2D eigenvalue weighted by Crippen LogP contribution is -2.33.